The zero-order valence-corrected chi connectivity index (χ0v) is 22.8. The van der Waals surface area contributed by atoms with Gasteiger partial charge in [-0.1, -0.05) is 38.1 Å². The van der Waals surface area contributed by atoms with Crippen molar-refractivity contribution in [1.82, 2.24) is 19.7 Å². The number of anilines is 1. The van der Waals surface area contributed by atoms with Crippen LogP contribution in [0.2, 0.25) is 0 Å². The number of halogens is 4. The largest absolute Gasteiger partial charge is 0.480 e. The van der Waals surface area contributed by atoms with Crippen LogP contribution in [-0.4, -0.2) is 25.7 Å². The smallest absolute Gasteiger partial charge is 0.231 e. The lowest BCUT2D eigenvalue weighted by atomic mass is 10.0. The molecule has 2 atom stereocenters. The molecule has 0 fully saturated rings. The molecule has 12 heteroatoms. The number of nitrogens with zero attached hydrogens (tertiary/aromatic N) is 3. The molecule has 0 radical (unpaired) electrons. The van der Waals surface area contributed by atoms with Crippen LogP contribution in [0.5, 0.6) is 5.88 Å². The monoisotopic (exact) mass is 575 g/mol. The Balaban J connectivity index is 1.64. The predicted octanol–water partition coefficient (Wildman–Crippen LogP) is 6.64. The Morgan fingerprint density at radius 3 is 2.74 bits per heavy atom. The maximum absolute atomic E-state index is 15.5. The third-order valence-electron chi connectivity index (χ3n) is 6.04. The molecule has 2 unspecified atom stereocenters. The van der Waals surface area contributed by atoms with Crippen molar-refractivity contribution in [2.45, 2.75) is 25.2 Å². The number of methoxy groups -OCH3 is 1. The van der Waals surface area contributed by atoms with Crippen molar-refractivity contribution in [2.24, 2.45) is 5.92 Å². The van der Waals surface area contributed by atoms with E-state index in [0.29, 0.717) is 21.9 Å². The van der Waals surface area contributed by atoms with Crippen molar-refractivity contribution in [3.63, 3.8) is 0 Å². The summed E-state index contributed by atoms with van der Waals surface area (Å²) in [4.78, 5) is 7.96. The maximum Gasteiger partial charge on any atom is 0.231 e. The number of imidazole rings is 1. The van der Waals surface area contributed by atoms with E-state index in [0.717, 1.165) is 30.8 Å². The van der Waals surface area contributed by atoms with Gasteiger partial charge >= 0.3 is 0 Å². The summed E-state index contributed by atoms with van der Waals surface area (Å²) >= 11 is 6.29. The molecule has 204 valence electrons. The molecule has 3 aromatic heterocycles. The van der Waals surface area contributed by atoms with E-state index in [4.69, 9.17) is 16.3 Å². The lowest BCUT2D eigenvalue weighted by Crippen LogP contribution is -2.10. The molecular weight excluding hydrogens is 551 g/mol. The molecule has 1 aromatic carbocycles. The summed E-state index contributed by atoms with van der Waals surface area (Å²) in [6.45, 7) is 8.05. The Kier molecular flexibility index (Phi) is 8.61. The molecule has 39 heavy (non-hydrogen) atoms. The van der Waals surface area contributed by atoms with Gasteiger partial charge in [0.15, 0.2) is 16.8 Å². The Morgan fingerprint density at radius 1 is 1.26 bits per heavy atom. The summed E-state index contributed by atoms with van der Waals surface area (Å²) in [5.74, 6) is -2.47. The zero-order valence-electron chi connectivity index (χ0n) is 21.3. The molecule has 3 heterocycles. The minimum absolute atomic E-state index is 0.0972. The molecule has 2 N–H and O–H groups in total. The summed E-state index contributed by atoms with van der Waals surface area (Å²) in [7, 11) is -0.880. The fourth-order valence-corrected chi connectivity index (χ4v) is 4.88. The highest BCUT2D eigenvalue weighted by Gasteiger charge is 2.21. The van der Waals surface area contributed by atoms with Gasteiger partial charge in [0.25, 0.3) is 0 Å². The van der Waals surface area contributed by atoms with Crippen molar-refractivity contribution in [3.05, 3.63) is 90.0 Å². The number of fused-ring (bicyclic) bond motifs is 1. The molecule has 0 aliphatic carbocycles. The lowest BCUT2D eigenvalue weighted by molar-refractivity contribution is 0.383. The second kappa shape index (κ2) is 11.9. The molecule has 4 aromatic rings. The summed E-state index contributed by atoms with van der Waals surface area (Å²) in [5.41, 5.74) is 1.28. The molecule has 0 saturated carbocycles. The number of aromatic nitrogens is 3. The number of hydrogen-bond donors (Lipinski definition) is 2. The van der Waals surface area contributed by atoms with E-state index in [1.54, 1.807) is 16.7 Å². The first-order valence-electron chi connectivity index (χ1n) is 11.8. The van der Waals surface area contributed by atoms with Crippen LogP contribution in [0.3, 0.4) is 0 Å². The Labute approximate surface area is 231 Å². The second-order valence-corrected chi connectivity index (χ2v) is 10.2. The molecule has 0 amide bonds. The van der Waals surface area contributed by atoms with Crippen LogP contribution in [0.15, 0.2) is 71.8 Å². The number of allylic oxidation sites excluding steroid dienone is 1. The molecule has 7 nitrogen and oxygen atoms in total. The third-order valence-corrected chi connectivity index (χ3v) is 7.62. The van der Waals surface area contributed by atoms with Gasteiger partial charge in [-0.05, 0) is 36.6 Å². The topological polar surface area (TPSA) is 80.5 Å². The lowest BCUT2D eigenvalue weighted by Gasteiger charge is -2.13. The Hall–Kier alpha value is -3.83. The standard InChI is InChI=1S/C27H25ClF3N5O2S/c1-5-15(2)19(28)12-32-16(3)26-22-9-6-17(13-36(22)14-34-26)24-20(30)7-8-21(25(24)31)35-39(37)23-10-18(29)11-33-27(23)38-4/h6-15,32,35H,3,5H2,1-2,4H3/b19-12+. The summed E-state index contributed by atoms with van der Waals surface area (Å²) in [5, 5.41) is 3.70. The van der Waals surface area contributed by atoms with Crippen molar-refractivity contribution in [1.29, 1.82) is 0 Å². The highest BCUT2D eigenvalue weighted by molar-refractivity contribution is 7.86. The van der Waals surface area contributed by atoms with Crippen LogP contribution in [0.25, 0.3) is 22.3 Å². The van der Waals surface area contributed by atoms with Gasteiger partial charge in [-0.2, -0.15) is 0 Å². The normalized spacial score (nSPS) is 13.3. The third kappa shape index (κ3) is 5.94. The van der Waals surface area contributed by atoms with E-state index in [2.05, 4.69) is 26.6 Å². The molecule has 0 aliphatic rings. The first kappa shape index (κ1) is 28.2. The Bertz CT molecular complexity index is 1610. The van der Waals surface area contributed by atoms with E-state index in [1.807, 2.05) is 13.8 Å². The van der Waals surface area contributed by atoms with Gasteiger partial charge in [0.05, 0.1) is 35.8 Å². The molecular formula is C27H25ClF3N5O2S. The van der Waals surface area contributed by atoms with E-state index in [1.165, 1.54) is 25.7 Å². The van der Waals surface area contributed by atoms with Gasteiger partial charge < -0.3 is 14.5 Å². The average molecular weight is 576 g/mol. The second-order valence-electron chi connectivity index (χ2n) is 8.58. The Morgan fingerprint density at radius 2 is 2.03 bits per heavy atom. The van der Waals surface area contributed by atoms with Crippen LogP contribution in [0.1, 0.15) is 26.0 Å². The van der Waals surface area contributed by atoms with Crippen molar-refractivity contribution < 1.29 is 22.1 Å². The van der Waals surface area contributed by atoms with Gasteiger partial charge in [0.1, 0.15) is 28.6 Å². The van der Waals surface area contributed by atoms with Crippen molar-refractivity contribution in [2.75, 3.05) is 11.8 Å². The first-order chi connectivity index (χ1) is 18.6. The minimum Gasteiger partial charge on any atom is -0.480 e. The number of ether oxygens (including phenoxy) is 1. The minimum atomic E-state index is -2.16. The number of rotatable bonds is 10. The van der Waals surface area contributed by atoms with E-state index < -0.39 is 28.4 Å². The van der Waals surface area contributed by atoms with Crippen LogP contribution in [0, 0.1) is 23.4 Å². The van der Waals surface area contributed by atoms with E-state index in [-0.39, 0.29) is 33.5 Å². The average Bonchev–Trinajstić information content (AvgIpc) is 3.36. The molecule has 0 bridgehead atoms. The van der Waals surface area contributed by atoms with E-state index >= 15 is 4.39 Å². The fourth-order valence-electron chi connectivity index (χ4n) is 3.69. The summed E-state index contributed by atoms with van der Waals surface area (Å²) < 4.78 is 66.0. The van der Waals surface area contributed by atoms with Gasteiger partial charge in [0.2, 0.25) is 5.88 Å². The summed E-state index contributed by atoms with van der Waals surface area (Å²) in [6, 6.07) is 6.30. The first-order valence-corrected chi connectivity index (χ1v) is 13.3. The van der Waals surface area contributed by atoms with Gasteiger partial charge in [-0.25, -0.2) is 27.3 Å². The zero-order chi connectivity index (χ0) is 28.3. The van der Waals surface area contributed by atoms with Crippen LogP contribution in [0.4, 0.5) is 18.9 Å². The van der Waals surface area contributed by atoms with Gasteiger partial charge in [-0.3, -0.25) is 4.72 Å². The molecule has 4 rings (SSSR count). The van der Waals surface area contributed by atoms with E-state index in [9.17, 15) is 13.0 Å². The van der Waals surface area contributed by atoms with Crippen molar-refractivity contribution >= 4 is 39.5 Å². The highest BCUT2D eigenvalue weighted by Crippen LogP contribution is 2.33. The predicted molar refractivity (Wildman–Crippen MR) is 147 cm³/mol. The van der Waals surface area contributed by atoms with Crippen LogP contribution < -0.4 is 14.8 Å². The van der Waals surface area contributed by atoms with Crippen molar-refractivity contribution in [3.8, 4) is 17.0 Å². The van der Waals surface area contributed by atoms with Gasteiger partial charge in [0, 0.05) is 23.0 Å². The highest BCUT2D eigenvalue weighted by atomic mass is 35.5. The SMILES string of the molecule is C=C(N/C=C(/Cl)C(C)CC)c1ncn2cc(-c3c(F)ccc(NS(=O)c4cc(F)cnc4OC)c3F)ccc12. The summed E-state index contributed by atoms with van der Waals surface area (Å²) in [6.07, 6.45) is 6.47. The number of nitrogens with one attached hydrogen (secondary N) is 2. The van der Waals surface area contributed by atoms with Gasteiger partial charge in [-0.15, -0.1) is 0 Å². The molecule has 0 spiro atoms. The quantitative estimate of drug-likeness (QED) is 0.221. The number of benzene rings is 1. The number of pyridine rings is 2. The maximum atomic E-state index is 15.5. The molecule has 0 saturated heterocycles. The fraction of sp³-hybridized carbons (Fsp3) is 0.185. The van der Waals surface area contributed by atoms with Crippen LogP contribution >= 0.6 is 11.6 Å². The van der Waals surface area contributed by atoms with Crippen LogP contribution in [-0.2, 0) is 11.0 Å². The molecule has 0 aliphatic heterocycles. The number of hydrogen-bond acceptors (Lipinski definition) is 5.